The third-order valence-electron chi connectivity index (χ3n) is 7.46. The number of fused-ring (bicyclic) bond motifs is 1. The van der Waals surface area contributed by atoms with Crippen LogP contribution in [0, 0.1) is 0 Å². The van der Waals surface area contributed by atoms with E-state index in [2.05, 4.69) is 33.8 Å². The second-order valence-corrected chi connectivity index (χ2v) is 12.8. The lowest BCUT2D eigenvalue weighted by molar-refractivity contribution is 0.310. The zero-order valence-electron chi connectivity index (χ0n) is 21.7. The van der Waals surface area contributed by atoms with Crippen LogP contribution in [0.2, 0.25) is 5.02 Å². The van der Waals surface area contributed by atoms with Crippen molar-refractivity contribution < 1.29 is 8.42 Å². The molecule has 2 heterocycles. The van der Waals surface area contributed by atoms with Gasteiger partial charge in [0.25, 0.3) is 0 Å². The summed E-state index contributed by atoms with van der Waals surface area (Å²) < 4.78 is 29.6. The van der Waals surface area contributed by atoms with E-state index in [1.54, 1.807) is 16.8 Å². The minimum atomic E-state index is -3.40. The quantitative estimate of drug-likeness (QED) is 0.223. The van der Waals surface area contributed by atoms with Gasteiger partial charge in [0.05, 0.1) is 11.4 Å². The van der Waals surface area contributed by atoms with Gasteiger partial charge in [0.2, 0.25) is 10.0 Å². The SMILES string of the molecule is CCCCCCCCCCS(=O)(=O)Nc1cccc(-c2nc3c(Cl)c(C4(C)CCCCC4)[nH]n3n2)c1. The lowest BCUT2D eigenvalue weighted by Crippen LogP contribution is -2.26. The lowest BCUT2D eigenvalue weighted by atomic mass is 9.73. The highest BCUT2D eigenvalue weighted by Crippen LogP contribution is 2.42. The van der Waals surface area contributed by atoms with E-state index in [9.17, 15) is 8.42 Å². The molecular weight excluding hydrogens is 494 g/mol. The predicted molar refractivity (Wildman–Crippen MR) is 148 cm³/mol. The van der Waals surface area contributed by atoms with Crippen molar-refractivity contribution in [3.63, 3.8) is 0 Å². The lowest BCUT2D eigenvalue weighted by Gasteiger charge is -2.32. The van der Waals surface area contributed by atoms with Crippen LogP contribution in [0.1, 0.15) is 103 Å². The average molecular weight is 534 g/mol. The Balaban J connectivity index is 1.37. The summed E-state index contributed by atoms with van der Waals surface area (Å²) in [4.78, 5) is 4.67. The fourth-order valence-corrected chi connectivity index (χ4v) is 6.85. The molecular formula is C27H40ClN5O2S. The van der Waals surface area contributed by atoms with Crippen molar-refractivity contribution in [3.8, 4) is 11.4 Å². The summed E-state index contributed by atoms with van der Waals surface area (Å²) in [6.07, 6.45) is 14.8. The van der Waals surface area contributed by atoms with Crippen molar-refractivity contribution >= 4 is 33.0 Å². The van der Waals surface area contributed by atoms with E-state index in [0.29, 0.717) is 28.6 Å². The number of sulfonamides is 1. The van der Waals surface area contributed by atoms with Gasteiger partial charge in [-0.3, -0.25) is 9.82 Å². The number of rotatable bonds is 13. The highest BCUT2D eigenvalue weighted by molar-refractivity contribution is 7.92. The second-order valence-electron chi connectivity index (χ2n) is 10.6. The molecule has 36 heavy (non-hydrogen) atoms. The molecule has 0 saturated heterocycles. The smallest absolute Gasteiger partial charge is 0.232 e. The molecule has 1 saturated carbocycles. The number of unbranched alkanes of at least 4 members (excludes halogenated alkanes) is 7. The van der Waals surface area contributed by atoms with Gasteiger partial charge in [0.15, 0.2) is 11.5 Å². The summed E-state index contributed by atoms with van der Waals surface area (Å²) in [5, 5.41) is 8.60. The van der Waals surface area contributed by atoms with Gasteiger partial charge in [-0.25, -0.2) is 13.4 Å². The predicted octanol–water partition coefficient (Wildman–Crippen LogP) is 7.48. The van der Waals surface area contributed by atoms with Crippen molar-refractivity contribution in [1.82, 2.24) is 19.8 Å². The summed E-state index contributed by atoms with van der Waals surface area (Å²) in [5.74, 6) is 0.641. The van der Waals surface area contributed by atoms with Gasteiger partial charge in [0, 0.05) is 16.7 Å². The normalized spacial score (nSPS) is 16.0. The number of aromatic nitrogens is 4. The summed E-state index contributed by atoms with van der Waals surface area (Å²) in [6.45, 7) is 4.47. The Kier molecular flexibility index (Phi) is 8.99. The van der Waals surface area contributed by atoms with Crippen LogP contribution in [0.5, 0.6) is 0 Å². The summed E-state index contributed by atoms with van der Waals surface area (Å²) in [5.41, 5.74) is 2.89. The number of nitrogens with zero attached hydrogens (tertiary/aromatic N) is 3. The maximum Gasteiger partial charge on any atom is 0.232 e. The number of halogens is 1. The monoisotopic (exact) mass is 533 g/mol. The van der Waals surface area contributed by atoms with Gasteiger partial charge in [0.1, 0.15) is 5.02 Å². The van der Waals surface area contributed by atoms with Crippen molar-refractivity contribution in [1.29, 1.82) is 0 Å². The van der Waals surface area contributed by atoms with Gasteiger partial charge in [-0.15, -0.1) is 5.10 Å². The topological polar surface area (TPSA) is 92.1 Å². The van der Waals surface area contributed by atoms with E-state index in [-0.39, 0.29) is 11.2 Å². The van der Waals surface area contributed by atoms with Gasteiger partial charge >= 0.3 is 0 Å². The van der Waals surface area contributed by atoms with Gasteiger partial charge < -0.3 is 0 Å². The Bertz CT molecular complexity index is 1240. The molecule has 0 unspecified atom stereocenters. The van der Waals surface area contributed by atoms with Crippen LogP contribution in [0.25, 0.3) is 17.0 Å². The highest BCUT2D eigenvalue weighted by atomic mass is 35.5. The first kappa shape index (κ1) is 27.0. The molecule has 0 aliphatic heterocycles. The molecule has 0 amide bonds. The fraction of sp³-hybridized carbons (Fsp3) is 0.630. The molecule has 1 aromatic carbocycles. The third kappa shape index (κ3) is 6.62. The largest absolute Gasteiger partial charge is 0.284 e. The Hall–Kier alpha value is -2.06. The van der Waals surface area contributed by atoms with Crippen LogP contribution < -0.4 is 4.72 Å². The summed E-state index contributed by atoms with van der Waals surface area (Å²) >= 11 is 6.76. The van der Waals surface area contributed by atoms with E-state index >= 15 is 0 Å². The first-order valence-corrected chi connectivity index (χ1v) is 15.6. The molecule has 2 N–H and O–H groups in total. The Labute approximate surface area is 220 Å². The molecule has 4 rings (SSSR count). The van der Waals surface area contributed by atoms with Crippen LogP contribution in [0.15, 0.2) is 24.3 Å². The average Bonchev–Trinajstić information content (AvgIpc) is 3.41. The zero-order valence-corrected chi connectivity index (χ0v) is 23.2. The van der Waals surface area contributed by atoms with Crippen LogP contribution in [0.3, 0.4) is 0 Å². The van der Waals surface area contributed by atoms with E-state index in [1.807, 2.05) is 12.1 Å². The fourth-order valence-electron chi connectivity index (χ4n) is 5.28. The number of hydrogen-bond donors (Lipinski definition) is 2. The molecule has 0 bridgehead atoms. The molecule has 3 aromatic rings. The zero-order chi connectivity index (χ0) is 25.6. The van der Waals surface area contributed by atoms with Crippen molar-refractivity contribution in [2.24, 2.45) is 0 Å². The minimum Gasteiger partial charge on any atom is -0.284 e. The number of hydrogen-bond acceptors (Lipinski definition) is 4. The van der Waals surface area contributed by atoms with E-state index < -0.39 is 10.0 Å². The standard InChI is InChI=1S/C27H40ClN5O2S/c1-3-4-5-6-7-8-9-13-19-36(34,35)32-22-16-14-15-21(20-22)25-29-26-23(28)24(30-33(26)31-25)27(2)17-11-10-12-18-27/h14-16,20,30,32H,3-13,17-19H2,1-2H3. The number of aromatic amines is 1. The Morgan fingerprint density at radius 3 is 2.44 bits per heavy atom. The van der Waals surface area contributed by atoms with Crippen LogP contribution in [-0.2, 0) is 15.4 Å². The number of benzene rings is 1. The molecule has 0 atom stereocenters. The molecule has 9 heteroatoms. The molecule has 1 aliphatic carbocycles. The molecule has 0 radical (unpaired) electrons. The molecule has 0 spiro atoms. The first-order chi connectivity index (χ1) is 17.3. The molecule has 7 nitrogen and oxygen atoms in total. The van der Waals surface area contributed by atoms with Crippen LogP contribution in [-0.4, -0.2) is 34.0 Å². The van der Waals surface area contributed by atoms with Crippen LogP contribution in [0.4, 0.5) is 5.69 Å². The van der Waals surface area contributed by atoms with E-state index in [4.69, 9.17) is 11.6 Å². The van der Waals surface area contributed by atoms with Crippen molar-refractivity contribution in [3.05, 3.63) is 35.0 Å². The Morgan fingerprint density at radius 1 is 1.06 bits per heavy atom. The third-order valence-corrected chi connectivity index (χ3v) is 9.19. The van der Waals surface area contributed by atoms with Crippen molar-refractivity contribution in [2.75, 3.05) is 10.5 Å². The van der Waals surface area contributed by atoms with Gasteiger partial charge in [-0.2, -0.15) is 4.63 Å². The maximum atomic E-state index is 12.6. The molecule has 1 fully saturated rings. The van der Waals surface area contributed by atoms with Gasteiger partial charge in [-0.05, 0) is 31.4 Å². The number of anilines is 1. The number of nitrogens with one attached hydrogen (secondary N) is 2. The highest BCUT2D eigenvalue weighted by Gasteiger charge is 2.34. The van der Waals surface area contributed by atoms with Crippen molar-refractivity contribution in [2.45, 2.75) is 103 Å². The van der Waals surface area contributed by atoms with Crippen LogP contribution >= 0.6 is 11.6 Å². The summed E-state index contributed by atoms with van der Waals surface area (Å²) in [7, 11) is -3.40. The minimum absolute atomic E-state index is 0.0190. The number of H-pyrrole nitrogens is 1. The summed E-state index contributed by atoms with van der Waals surface area (Å²) in [6, 6.07) is 7.22. The second kappa shape index (κ2) is 12.0. The Morgan fingerprint density at radius 2 is 1.75 bits per heavy atom. The first-order valence-electron chi connectivity index (χ1n) is 13.6. The molecule has 1 aliphatic rings. The molecule has 2 aromatic heterocycles. The maximum absolute atomic E-state index is 12.6. The molecule has 198 valence electrons. The van der Waals surface area contributed by atoms with E-state index in [1.165, 1.54) is 51.4 Å². The van der Waals surface area contributed by atoms with Gasteiger partial charge in [-0.1, -0.05) is 102 Å². The van der Waals surface area contributed by atoms with E-state index in [0.717, 1.165) is 36.9 Å².